The third-order valence-corrected chi connectivity index (χ3v) is 2.52. The second-order valence-corrected chi connectivity index (χ2v) is 3.53. The maximum Gasteiger partial charge on any atom is 0.326 e. The summed E-state index contributed by atoms with van der Waals surface area (Å²) in [7, 11) is 0. The van der Waals surface area contributed by atoms with Gasteiger partial charge in [0.15, 0.2) is 1.41 Å². The molecule has 1 saturated carbocycles. The van der Waals surface area contributed by atoms with Gasteiger partial charge in [0, 0.05) is 18.8 Å². The lowest BCUT2D eigenvalue weighted by Gasteiger charge is -2.01. The van der Waals surface area contributed by atoms with Crippen LogP contribution in [-0.2, 0) is 0 Å². The Hall–Kier alpha value is -1.45. The molecule has 0 radical (unpaired) electrons. The van der Waals surface area contributed by atoms with Crippen molar-refractivity contribution in [1.29, 1.82) is 0 Å². The molecule has 3 rings (SSSR count). The van der Waals surface area contributed by atoms with Crippen LogP contribution in [0.4, 0.5) is 0 Å². The molecule has 2 N–H and O–H groups in total. The number of nitrogens with one attached hydrogen (secondary N) is 2. The molecule has 0 spiro atoms. The monoisotopic (exact) mass is 178 g/mol. The van der Waals surface area contributed by atoms with Crippen LogP contribution >= 0.6 is 0 Å². The number of hydrogen-bond acceptors (Lipinski definition) is 2. The Kier molecular flexibility index (Phi) is 1.06. The summed E-state index contributed by atoms with van der Waals surface area (Å²) in [5.41, 5.74) is -0.0414. The Balaban J connectivity index is 2.33. The Morgan fingerprint density at radius 1 is 1.62 bits per heavy atom. The normalized spacial score (nSPS) is 21.5. The van der Waals surface area contributed by atoms with Crippen molar-refractivity contribution >= 4 is 12.3 Å². The van der Waals surface area contributed by atoms with Gasteiger partial charge in [-0.25, -0.2) is 4.79 Å². The summed E-state index contributed by atoms with van der Waals surface area (Å²) in [6.45, 7) is 0.553. The molecule has 2 heterocycles. The van der Waals surface area contributed by atoms with Gasteiger partial charge in [0.2, 0.25) is 0 Å². The Morgan fingerprint density at radius 3 is 3.23 bits per heavy atom. The lowest BCUT2D eigenvalue weighted by Crippen LogP contribution is -2.37. The molecule has 0 unspecified atom stereocenters. The third-order valence-electron chi connectivity index (χ3n) is 2.52. The molecule has 1 aliphatic carbocycles. The topological polar surface area (TPSA) is 49.8 Å². The number of H-pyrrole nitrogens is 1. The highest BCUT2D eigenvalue weighted by atomic mass is 16.1. The van der Waals surface area contributed by atoms with E-state index >= 15 is 0 Å². The molecule has 1 aromatic rings. The Labute approximate surface area is 76.0 Å². The lowest BCUT2D eigenvalue weighted by atomic mass is 10.4. The van der Waals surface area contributed by atoms with Gasteiger partial charge in [-0.3, -0.25) is 4.57 Å². The van der Waals surface area contributed by atoms with Crippen LogP contribution < -0.4 is 21.7 Å². The molecule has 4 nitrogen and oxygen atoms in total. The van der Waals surface area contributed by atoms with Crippen molar-refractivity contribution in [1.82, 2.24) is 14.9 Å². The SMILES string of the molecule is [2H]N1C=c2[nH]c(=O)n(C3CC3)c2=CC1. The van der Waals surface area contributed by atoms with Gasteiger partial charge in [0.05, 0.1) is 10.7 Å². The standard InChI is InChI=1S/C9H11N3O/c13-9-11-7-5-10-4-3-8(7)12(9)6-1-2-6/h3,5-6,10H,1-2,4H2,(H,11,13)/i/hD. The van der Waals surface area contributed by atoms with Gasteiger partial charge in [-0.2, -0.15) is 0 Å². The predicted molar refractivity (Wildman–Crippen MR) is 49.5 cm³/mol. The van der Waals surface area contributed by atoms with Crippen molar-refractivity contribution in [3.63, 3.8) is 0 Å². The van der Waals surface area contributed by atoms with Crippen LogP contribution in [0.25, 0.3) is 12.3 Å². The average Bonchev–Trinajstić information content (AvgIpc) is 2.89. The summed E-state index contributed by atoms with van der Waals surface area (Å²) in [4.78, 5) is 14.4. The maximum atomic E-state index is 11.6. The van der Waals surface area contributed by atoms with E-state index in [-0.39, 0.29) is 5.69 Å². The fraction of sp³-hybridized carbons (Fsp3) is 0.444. The molecule has 4 heteroatoms. The molecule has 2 aliphatic rings. The van der Waals surface area contributed by atoms with Gasteiger partial charge >= 0.3 is 5.69 Å². The second-order valence-electron chi connectivity index (χ2n) is 3.53. The zero-order chi connectivity index (χ0) is 9.71. The smallest absolute Gasteiger partial charge is 0.326 e. The van der Waals surface area contributed by atoms with E-state index in [0.29, 0.717) is 12.6 Å². The minimum atomic E-state index is -0.0414. The number of aromatic amines is 1. The van der Waals surface area contributed by atoms with Crippen LogP contribution in [0.2, 0.25) is 1.41 Å². The lowest BCUT2D eigenvalue weighted by molar-refractivity contribution is 0.688. The first kappa shape index (κ1) is 6.07. The number of hydrogen-bond donors (Lipinski definition) is 2. The van der Waals surface area contributed by atoms with Crippen LogP contribution in [0.1, 0.15) is 18.9 Å². The first-order valence-corrected chi connectivity index (χ1v) is 4.54. The first-order chi connectivity index (χ1) is 6.75. The minimum absolute atomic E-state index is 0.0414. The molecule has 1 aliphatic heterocycles. The van der Waals surface area contributed by atoms with Gasteiger partial charge in [-0.05, 0) is 18.9 Å². The van der Waals surface area contributed by atoms with E-state index in [0.717, 1.165) is 23.5 Å². The van der Waals surface area contributed by atoms with E-state index in [1.54, 1.807) is 6.20 Å². The van der Waals surface area contributed by atoms with E-state index in [2.05, 4.69) is 4.98 Å². The van der Waals surface area contributed by atoms with Crippen LogP contribution in [-0.4, -0.2) is 16.1 Å². The number of rotatable bonds is 1. The van der Waals surface area contributed by atoms with Crippen molar-refractivity contribution in [2.75, 3.05) is 6.54 Å². The maximum absolute atomic E-state index is 11.6. The van der Waals surface area contributed by atoms with Gasteiger partial charge in [0.25, 0.3) is 0 Å². The molecular formula is C9H11N3O. The van der Waals surface area contributed by atoms with Crippen molar-refractivity contribution in [2.45, 2.75) is 18.9 Å². The van der Waals surface area contributed by atoms with Gasteiger partial charge in [0.1, 0.15) is 0 Å². The van der Waals surface area contributed by atoms with E-state index in [1.807, 2.05) is 10.6 Å². The van der Waals surface area contributed by atoms with Crippen molar-refractivity contribution in [3.05, 3.63) is 21.2 Å². The predicted octanol–water partition coefficient (Wildman–Crippen LogP) is -1.37. The molecular weight excluding hydrogens is 166 g/mol. The first-order valence-electron chi connectivity index (χ1n) is 4.98. The molecule has 0 amide bonds. The minimum Gasteiger partial charge on any atom is -0.386 e. The fourth-order valence-electron chi connectivity index (χ4n) is 1.76. The number of aromatic nitrogens is 2. The molecule has 0 bridgehead atoms. The highest BCUT2D eigenvalue weighted by molar-refractivity contribution is 5.33. The molecule has 0 saturated heterocycles. The van der Waals surface area contributed by atoms with Crippen molar-refractivity contribution in [2.24, 2.45) is 0 Å². The van der Waals surface area contributed by atoms with Crippen molar-refractivity contribution < 1.29 is 1.41 Å². The van der Waals surface area contributed by atoms with E-state index in [9.17, 15) is 4.79 Å². The Bertz CT molecular complexity index is 537. The van der Waals surface area contributed by atoms with E-state index < -0.39 is 0 Å². The van der Waals surface area contributed by atoms with E-state index in [4.69, 9.17) is 1.41 Å². The van der Waals surface area contributed by atoms with Crippen LogP contribution in [0.3, 0.4) is 0 Å². The fourth-order valence-corrected chi connectivity index (χ4v) is 1.76. The molecule has 13 heavy (non-hydrogen) atoms. The van der Waals surface area contributed by atoms with Crippen LogP contribution in [0.15, 0.2) is 4.79 Å². The number of imidazole rings is 1. The highest BCUT2D eigenvalue weighted by Crippen LogP contribution is 2.31. The molecule has 1 aromatic heterocycles. The quantitative estimate of drug-likeness (QED) is 0.557. The summed E-state index contributed by atoms with van der Waals surface area (Å²) in [6, 6.07) is 0.393. The zero-order valence-electron chi connectivity index (χ0n) is 8.16. The molecule has 68 valence electrons. The summed E-state index contributed by atoms with van der Waals surface area (Å²) in [5, 5.41) is 3.04. The summed E-state index contributed by atoms with van der Waals surface area (Å²) >= 11 is 0. The number of nitrogens with zero attached hydrogens (tertiary/aromatic N) is 1. The van der Waals surface area contributed by atoms with Gasteiger partial charge in [-0.15, -0.1) is 0 Å². The average molecular weight is 178 g/mol. The summed E-state index contributed by atoms with van der Waals surface area (Å²) < 4.78 is 9.24. The zero-order valence-corrected chi connectivity index (χ0v) is 7.16. The van der Waals surface area contributed by atoms with E-state index in [1.165, 1.54) is 5.31 Å². The molecule has 0 atom stereocenters. The molecule has 1 fully saturated rings. The Morgan fingerprint density at radius 2 is 2.46 bits per heavy atom. The van der Waals surface area contributed by atoms with Gasteiger partial charge < -0.3 is 10.3 Å². The van der Waals surface area contributed by atoms with Crippen LogP contribution in [0.5, 0.6) is 0 Å². The highest BCUT2D eigenvalue weighted by Gasteiger charge is 2.26. The largest absolute Gasteiger partial charge is 0.386 e. The summed E-state index contributed by atoms with van der Waals surface area (Å²) in [5.74, 6) is 0. The van der Waals surface area contributed by atoms with Crippen LogP contribution in [0, 0.1) is 0 Å². The summed E-state index contributed by atoms with van der Waals surface area (Å²) in [6.07, 6.45) is 5.79. The van der Waals surface area contributed by atoms with Crippen molar-refractivity contribution in [3.8, 4) is 0 Å². The second kappa shape index (κ2) is 2.28. The van der Waals surface area contributed by atoms with Gasteiger partial charge in [-0.1, -0.05) is 0 Å². The molecule has 0 aromatic carbocycles. The number of fused-ring (bicyclic) bond motifs is 1. The third kappa shape index (κ3) is 0.946.